The third-order valence-corrected chi connectivity index (χ3v) is 3.81. The average molecular weight is 266 g/mol. The van der Waals surface area contributed by atoms with Gasteiger partial charge >= 0.3 is 0 Å². The van der Waals surface area contributed by atoms with Crippen LogP contribution in [0.5, 0.6) is 0 Å². The monoisotopic (exact) mass is 266 g/mol. The molecule has 0 aliphatic rings. The van der Waals surface area contributed by atoms with E-state index >= 15 is 0 Å². The normalized spacial score (nSPS) is 11.4. The number of benzene rings is 2. The minimum Gasteiger partial charge on any atom is -0.342 e. The van der Waals surface area contributed by atoms with Crippen LogP contribution in [0.15, 0.2) is 48.5 Å². The zero-order valence-corrected chi connectivity index (χ0v) is 12.0. The third kappa shape index (κ3) is 1.92. The zero-order chi connectivity index (χ0) is 14.3. The molecule has 0 atom stereocenters. The first kappa shape index (κ1) is 12.9. The Balaban J connectivity index is 2.35. The van der Waals surface area contributed by atoms with Crippen LogP contribution >= 0.6 is 0 Å². The second-order valence-corrected chi connectivity index (χ2v) is 5.45. The summed E-state index contributed by atoms with van der Waals surface area (Å²) in [6.45, 7) is 6.51. The van der Waals surface area contributed by atoms with E-state index in [-0.39, 0.29) is 5.82 Å². The summed E-state index contributed by atoms with van der Waals surface area (Å²) in [7, 11) is 0. The van der Waals surface area contributed by atoms with E-state index in [1.165, 1.54) is 34.3 Å². The molecule has 1 aromatic heterocycles. The Morgan fingerprint density at radius 2 is 1.60 bits per heavy atom. The molecule has 0 fully saturated rings. The van der Waals surface area contributed by atoms with Gasteiger partial charge in [0.1, 0.15) is 5.82 Å². The van der Waals surface area contributed by atoms with Gasteiger partial charge in [0.2, 0.25) is 0 Å². The maximum Gasteiger partial charge on any atom is 0.123 e. The van der Waals surface area contributed by atoms with Gasteiger partial charge in [-0.3, -0.25) is 0 Å². The van der Waals surface area contributed by atoms with Crippen molar-refractivity contribution < 1.29 is 4.39 Å². The highest BCUT2D eigenvalue weighted by molar-refractivity contribution is 5.98. The molecule has 0 bridgehead atoms. The first-order valence-corrected chi connectivity index (χ1v) is 6.95. The van der Waals surface area contributed by atoms with Crippen LogP contribution in [0.2, 0.25) is 0 Å². The number of aromatic nitrogens is 1. The number of para-hydroxylation sites is 1. The van der Waals surface area contributed by atoms with Crippen molar-refractivity contribution in [3.05, 3.63) is 60.0 Å². The summed E-state index contributed by atoms with van der Waals surface area (Å²) in [6, 6.07) is 15.6. The van der Waals surface area contributed by atoms with E-state index in [1.54, 1.807) is 0 Å². The van der Waals surface area contributed by atoms with E-state index in [0.29, 0.717) is 6.04 Å². The molecule has 102 valence electrons. The highest BCUT2D eigenvalue weighted by Gasteiger charge is 2.16. The van der Waals surface area contributed by atoms with Gasteiger partial charge in [-0.25, -0.2) is 4.39 Å². The lowest BCUT2D eigenvalue weighted by Gasteiger charge is -2.12. The summed E-state index contributed by atoms with van der Waals surface area (Å²) in [4.78, 5) is 0. The van der Waals surface area contributed by atoms with Gasteiger partial charge in [-0.05, 0) is 44.5 Å². The van der Waals surface area contributed by atoms with Crippen molar-refractivity contribution in [2.75, 3.05) is 0 Å². The molecule has 0 saturated heterocycles. The Bertz CT molecular complexity index is 751. The molecule has 3 rings (SSSR count). The SMILES string of the molecule is Cc1c(-c2ccc([18F])cc2)c2ccccc2n1C(C)C. The molecule has 20 heavy (non-hydrogen) atoms. The molecular weight excluding hydrogens is 248 g/mol. The van der Waals surface area contributed by atoms with Crippen LogP contribution in [-0.4, -0.2) is 4.57 Å². The van der Waals surface area contributed by atoms with E-state index in [4.69, 9.17) is 0 Å². The molecule has 0 spiro atoms. The van der Waals surface area contributed by atoms with Crippen molar-refractivity contribution in [2.45, 2.75) is 26.8 Å². The minimum absolute atomic E-state index is 0.195. The lowest BCUT2D eigenvalue weighted by atomic mass is 10.0. The molecule has 0 aliphatic carbocycles. The summed E-state index contributed by atoms with van der Waals surface area (Å²) in [5, 5.41) is 1.23. The highest BCUT2D eigenvalue weighted by Crippen LogP contribution is 2.36. The maximum atomic E-state index is 13.1. The zero-order valence-electron chi connectivity index (χ0n) is 12.0. The average Bonchev–Trinajstić information content (AvgIpc) is 2.72. The largest absolute Gasteiger partial charge is 0.342 e. The Morgan fingerprint density at radius 1 is 0.950 bits per heavy atom. The van der Waals surface area contributed by atoms with Gasteiger partial charge in [-0.2, -0.15) is 0 Å². The molecule has 2 heteroatoms. The molecule has 1 heterocycles. The summed E-state index contributed by atoms with van der Waals surface area (Å²) >= 11 is 0. The van der Waals surface area contributed by atoms with Crippen LogP contribution in [0.25, 0.3) is 22.0 Å². The molecule has 0 saturated carbocycles. The lowest BCUT2D eigenvalue weighted by molar-refractivity contribution is 0.608. The van der Waals surface area contributed by atoms with Gasteiger partial charge in [0, 0.05) is 28.2 Å². The van der Waals surface area contributed by atoms with Crippen LogP contribution in [0, 0.1) is 12.7 Å². The molecule has 0 amide bonds. The predicted molar refractivity (Wildman–Crippen MR) is 82.5 cm³/mol. The van der Waals surface area contributed by atoms with Gasteiger partial charge in [0.05, 0.1) is 0 Å². The van der Waals surface area contributed by atoms with Gasteiger partial charge in [-0.1, -0.05) is 30.3 Å². The molecule has 0 unspecified atom stereocenters. The number of halogens is 1. The van der Waals surface area contributed by atoms with Crippen molar-refractivity contribution >= 4 is 10.9 Å². The van der Waals surface area contributed by atoms with E-state index in [0.717, 1.165) is 5.56 Å². The van der Waals surface area contributed by atoms with Crippen LogP contribution in [0.4, 0.5) is 4.39 Å². The van der Waals surface area contributed by atoms with Crippen LogP contribution < -0.4 is 0 Å². The fraction of sp³-hybridized carbons (Fsp3) is 0.222. The fourth-order valence-electron chi connectivity index (χ4n) is 3.04. The second kappa shape index (κ2) is 4.78. The Hall–Kier alpha value is -2.09. The molecule has 3 aromatic rings. The summed E-state index contributed by atoms with van der Waals surface area (Å²) < 4.78 is 15.5. The highest BCUT2D eigenvalue weighted by atomic mass is 18.2. The lowest BCUT2D eigenvalue weighted by Crippen LogP contribution is -2.02. The van der Waals surface area contributed by atoms with Crippen molar-refractivity contribution in [3.8, 4) is 11.1 Å². The smallest absolute Gasteiger partial charge is 0.123 e. The number of hydrogen-bond acceptors (Lipinski definition) is 0. The van der Waals surface area contributed by atoms with Crippen LogP contribution in [0.1, 0.15) is 25.6 Å². The van der Waals surface area contributed by atoms with Crippen molar-refractivity contribution in [2.24, 2.45) is 0 Å². The molecule has 0 aliphatic heterocycles. The van der Waals surface area contributed by atoms with E-state index in [9.17, 15) is 4.39 Å². The third-order valence-electron chi connectivity index (χ3n) is 3.81. The maximum absolute atomic E-state index is 13.1. The number of fused-ring (bicyclic) bond motifs is 1. The molecule has 0 radical (unpaired) electrons. The van der Waals surface area contributed by atoms with Gasteiger partial charge in [0.15, 0.2) is 0 Å². The van der Waals surface area contributed by atoms with E-state index < -0.39 is 0 Å². The summed E-state index contributed by atoms with van der Waals surface area (Å²) in [5.74, 6) is -0.195. The Labute approximate surface area is 118 Å². The van der Waals surface area contributed by atoms with E-state index in [2.05, 4.69) is 49.6 Å². The molecule has 2 aromatic carbocycles. The first-order valence-electron chi connectivity index (χ1n) is 6.95. The molecule has 1 nitrogen and oxygen atoms in total. The van der Waals surface area contributed by atoms with E-state index in [1.807, 2.05) is 12.1 Å². The standard InChI is InChI=1S/C18H18FN/c1-12(2)20-13(3)18(14-8-10-15(19)11-9-14)16-6-4-5-7-17(16)20/h4-12H,1-3H3/i19-1. The quantitative estimate of drug-likeness (QED) is 0.590. The second-order valence-electron chi connectivity index (χ2n) is 5.45. The minimum atomic E-state index is -0.195. The topological polar surface area (TPSA) is 4.93 Å². The van der Waals surface area contributed by atoms with Gasteiger partial charge < -0.3 is 4.57 Å². The van der Waals surface area contributed by atoms with Crippen molar-refractivity contribution in [1.82, 2.24) is 4.57 Å². The molecular formula is C18H18FN. The van der Waals surface area contributed by atoms with Crippen molar-refractivity contribution in [1.29, 1.82) is 0 Å². The van der Waals surface area contributed by atoms with Crippen molar-refractivity contribution in [3.63, 3.8) is 0 Å². The Morgan fingerprint density at radius 3 is 2.25 bits per heavy atom. The summed E-state index contributed by atoms with van der Waals surface area (Å²) in [5.41, 5.74) is 4.74. The predicted octanol–water partition coefficient (Wildman–Crippen LogP) is 5.34. The van der Waals surface area contributed by atoms with Gasteiger partial charge in [-0.15, -0.1) is 0 Å². The number of rotatable bonds is 2. The number of nitrogens with zero attached hydrogens (tertiary/aromatic N) is 1. The summed E-state index contributed by atoms with van der Waals surface area (Å²) in [6.07, 6.45) is 0. The van der Waals surface area contributed by atoms with Gasteiger partial charge in [0.25, 0.3) is 0 Å². The van der Waals surface area contributed by atoms with Crippen LogP contribution in [0.3, 0.4) is 0 Å². The fourth-order valence-corrected chi connectivity index (χ4v) is 3.04. The Kier molecular flexibility index (Phi) is 3.09. The van der Waals surface area contributed by atoms with Crippen LogP contribution in [-0.2, 0) is 0 Å². The molecule has 0 N–H and O–H groups in total. The first-order chi connectivity index (χ1) is 9.59. The number of hydrogen-bond donors (Lipinski definition) is 0.